The second-order valence-electron chi connectivity index (χ2n) is 5.04. The summed E-state index contributed by atoms with van der Waals surface area (Å²) in [6, 6.07) is 0. The number of hydrogen-bond acceptors (Lipinski definition) is 2. The third-order valence-corrected chi connectivity index (χ3v) is 5.16. The summed E-state index contributed by atoms with van der Waals surface area (Å²) in [4.78, 5) is 0. The van der Waals surface area contributed by atoms with Gasteiger partial charge in [-0.05, 0) is 25.4 Å². The minimum absolute atomic E-state index is 0.317. The lowest BCUT2D eigenvalue weighted by Gasteiger charge is -2.43. The first-order valence-corrected chi connectivity index (χ1v) is 6.27. The van der Waals surface area contributed by atoms with Crippen LogP contribution in [0, 0.1) is 5.41 Å². The Balaban J connectivity index is 4.34. The van der Waals surface area contributed by atoms with Gasteiger partial charge in [-0.25, -0.2) is 0 Å². The Bertz CT molecular complexity index is 142. The lowest BCUT2D eigenvalue weighted by Crippen LogP contribution is -2.61. The lowest BCUT2D eigenvalue weighted by molar-refractivity contribution is 0.221. The van der Waals surface area contributed by atoms with Gasteiger partial charge in [0.1, 0.15) is 0 Å². The zero-order valence-electron chi connectivity index (χ0n) is 10.1. The van der Waals surface area contributed by atoms with Gasteiger partial charge in [-0.2, -0.15) is 0 Å². The fourth-order valence-electron chi connectivity index (χ4n) is 1.35. The first-order chi connectivity index (χ1) is 5.87. The van der Waals surface area contributed by atoms with Crippen LogP contribution in [0.3, 0.4) is 0 Å². The Hall–Kier alpha value is 0.137. The van der Waals surface area contributed by atoms with Crippen molar-refractivity contribution in [2.45, 2.75) is 39.3 Å². The average molecular weight is 202 g/mol. The minimum Gasteiger partial charge on any atom is -0.318 e. The van der Waals surface area contributed by atoms with E-state index in [1.54, 1.807) is 0 Å². The summed E-state index contributed by atoms with van der Waals surface area (Å²) in [5.74, 6) is 0. The van der Waals surface area contributed by atoms with Gasteiger partial charge < -0.3 is 10.6 Å². The minimum atomic E-state index is 0.317. The van der Waals surface area contributed by atoms with Crippen molar-refractivity contribution in [3.63, 3.8) is 0 Å². The maximum absolute atomic E-state index is 3.69. The van der Waals surface area contributed by atoms with E-state index in [0.717, 1.165) is 13.1 Å². The van der Waals surface area contributed by atoms with Gasteiger partial charge in [0.15, 0.2) is 0 Å². The van der Waals surface area contributed by atoms with E-state index in [-0.39, 0.29) is 0 Å². The maximum atomic E-state index is 3.69. The van der Waals surface area contributed by atoms with Gasteiger partial charge in [-0.15, -0.1) is 0 Å². The average Bonchev–Trinajstić information content (AvgIpc) is 1.99. The summed E-state index contributed by atoms with van der Waals surface area (Å²) in [6.07, 6.45) is 1.21. The largest absolute Gasteiger partial charge is 0.318 e. The molecule has 0 aliphatic heterocycles. The van der Waals surface area contributed by atoms with Gasteiger partial charge in [-0.3, -0.25) is 0 Å². The molecular formula is C10H26N2Si. The highest BCUT2D eigenvalue weighted by molar-refractivity contribution is 6.16. The third kappa shape index (κ3) is 3.79. The number of nitrogens with one attached hydrogen (secondary N) is 2. The summed E-state index contributed by atoms with van der Waals surface area (Å²) in [5, 5.41) is 7.30. The molecular weight excluding hydrogens is 176 g/mol. The summed E-state index contributed by atoms with van der Waals surface area (Å²) in [7, 11) is 3.21. The smallest absolute Gasteiger partial charge is 0.0304 e. The van der Waals surface area contributed by atoms with Crippen molar-refractivity contribution in [1.82, 2.24) is 10.6 Å². The lowest BCUT2D eigenvalue weighted by atomic mass is 9.85. The van der Waals surface area contributed by atoms with Crippen molar-refractivity contribution in [1.29, 1.82) is 0 Å². The zero-order chi connectivity index (χ0) is 10.5. The monoisotopic (exact) mass is 202 g/mol. The number of rotatable bonds is 5. The molecule has 0 radical (unpaired) electrons. The van der Waals surface area contributed by atoms with Crippen molar-refractivity contribution in [3.05, 3.63) is 0 Å². The van der Waals surface area contributed by atoms with Crippen molar-refractivity contribution < 1.29 is 0 Å². The molecule has 0 fully saturated rings. The van der Waals surface area contributed by atoms with Crippen LogP contribution >= 0.6 is 0 Å². The van der Waals surface area contributed by atoms with E-state index < -0.39 is 0 Å². The number of likely N-dealkylation sites (N-methyl/N-ethyl adjacent to an activating group) is 1. The zero-order valence-corrected chi connectivity index (χ0v) is 12.1. The summed E-state index contributed by atoms with van der Waals surface area (Å²) in [6.45, 7) is 11.4. The molecule has 0 aliphatic rings. The third-order valence-electron chi connectivity index (χ3n) is 2.95. The highest BCUT2D eigenvalue weighted by Crippen LogP contribution is 2.26. The SMILES string of the molecule is CCCNC([SiH3])(CNC)C(C)(C)C. The van der Waals surface area contributed by atoms with Gasteiger partial charge >= 0.3 is 0 Å². The topological polar surface area (TPSA) is 24.1 Å². The molecule has 1 atom stereocenters. The predicted molar refractivity (Wildman–Crippen MR) is 64.3 cm³/mol. The van der Waals surface area contributed by atoms with E-state index in [4.69, 9.17) is 0 Å². The van der Waals surface area contributed by atoms with Crippen LogP contribution in [-0.2, 0) is 0 Å². The van der Waals surface area contributed by atoms with Crippen LogP contribution in [0.2, 0.25) is 0 Å². The molecule has 1 unspecified atom stereocenters. The molecule has 0 heterocycles. The maximum Gasteiger partial charge on any atom is 0.0304 e. The standard InChI is InChI=1S/C10H26N2Si/c1-6-7-12-10(13,8-11-5)9(2,3)4/h11-12H,6-8H2,1-5,13H3. The van der Waals surface area contributed by atoms with Crippen molar-refractivity contribution in [2.75, 3.05) is 20.1 Å². The Morgan fingerprint density at radius 3 is 2.08 bits per heavy atom. The molecule has 0 saturated heterocycles. The van der Waals surface area contributed by atoms with Crippen LogP contribution in [0.25, 0.3) is 0 Å². The molecule has 0 amide bonds. The van der Waals surface area contributed by atoms with Crippen LogP contribution < -0.4 is 10.6 Å². The second kappa shape index (κ2) is 5.13. The Labute approximate surface area is 86.3 Å². The fraction of sp³-hybridized carbons (Fsp3) is 1.00. The van der Waals surface area contributed by atoms with E-state index in [2.05, 4.69) is 38.3 Å². The molecule has 0 spiro atoms. The molecule has 2 N–H and O–H groups in total. The highest BCUT2D eigenvalue weighted by atomic mass is 28.1. The van der Waals surface area contributed by atoms with E-state index in [1.165, 1.54) is 16.7 Å². The Morgan fingerprint density at radius 1 is 1.23 bits per heavy atom. The molecule has 0 aliphatic carbocycles. The predicted octanol–water partition coefficient (Wildman–Crippen LogP) is 0.313. The summed E-state index contributed by atoms with van der Waals surface area (Å²) in [5.41, 5.74) is 0.345. The normalized spacial score (nSPS) is 17.3. The number of hydrogen-bond donors (Lipinski definition) is 2. The van der Waals surface area contributed by atoms with Gasteiger partial charge in [0, 0.05) is 21.9 Å². The Morgan fingerprint density at radius 2 is 1.77 bits per heavy atom. The quantitative estimate of drug-likeness (QED) is 0.627. The molecule has 0 rings (SSSR count). The Kier molecular flexibility index (Phi) is 5.18. The van der Waals surface area contributed by atoms with Gasteiger partial charge in [0.05, 0.1) is 0 Å². The van der Waals surface area contributed by atoms with Gasteiger partial charge in [-0.1, -0.05) is 27.7 Å². The molecule has 3 heteroatoms. The van der Waals surface area contributed by atoms with Crippen molar-refractivity contribution in [2.24, 2.45) is 5.41 Å². The van der Waals surface area contributed by atoms with E-state index in [1.807, 2.05) is 7.05 Å². The fourth-order valence-corrected chi connectivity index (χ4v) is 1.95. The second-order valence-corrected chi connectivity index (χ2v) is 6.75. The summed E-state index contributed by atoms with van der Waals surface area (Å²) >= 11 is 0. The van der Waals surface area contributed by atoms with Crippen LogP contribution in [0.15, 0.2) is 0 Å². The molecule has 0 bridgehead atoms. The molecule has 80 valence electrons. The van der Waals surface area contributed by atoms with Crippen LogP contribution in [-0.4, -0.2) is 35.5 Å². The molecule has 0 aromatic rings. The van der Waals surface area contributed by atoms with Crippen molar-refractivity contribution >= 4 is 10.2 Å². The molecule has 2 nitrogen and oxygen atoms in total. The first kappa shape index (κ1) is 13.1. The first-order valence-electron chi connectivity index (χ1n) is 5.27. The van der Waals surface area contributed by atoms with E-state index in [9.17, 15) is 0 Å². The molecule has 0 aromatic heterocycles. The van der Waals surface area contributed by atoms with Crippen molar-refractivity contribution in [3.8, 4) is 0 Å². The van der Waals surface area contributed by atoms with Gasteiger partial charge in [0.25, 0.3) is 0 Å². The van der Waals surface area contributed by atoms with Crippen LogP contribution in [0.4, 0.5) is 0 Å². The van der Waals surface area contributed by atoms with Gasteiger partial charge in [0.2, 0.25) is 0 Å². The van der Waals surface area contributed by atoms with E-state index >= 15 is 0 Å². The molecule has 13 heavy (non-hydrogen) atoms. The van der Waals surface area contributed by atoms with Crippen LogP contribution in [0.5, 0.6) is 0 Å². The van der Waals surface area contributed by atoms with Crippen LogP contribution in [0.1, 0.15) is 34.1 Å². The highest BCUT2D eigenvalue weighted by Gasteiger charge is 2.35. The molecule has 0 aromatic carbocycles. The van der Waals surface area contributed by atoms with E-state index in [0.29, 0.717) is 10.6 Å². The molecule has 0 saturated carbocycles. The summed E-state index contributed by atoms with van der Waals surface area (Å²) < 4.78 is 0.